The van der Waals surface area contributed by atoms with Gasteiger partial charge in [0, 0.05) is 16.8 Å². The van der Waals surface area contributed by atoms with Crippen LogP contribution in [0.2, 0.25) is 0 Å². The lowest BCUT2D eigenvalue weighted by Crippen LogP contribution is -2.50. The zero-order valence-corrected chi connectivity index (χ0v) is 13.9. The first-order chi connectivity index (χ1) is 9.89. The average molecular weight is 307 g/mol. The Morgan fingerprint density at radius 2 is 2.14 bits per heavy atom. The number of aromatic nitrogens is 1. The molecule has 0 saturated heterocycles. The van der Waals surface area contributed by atoms with E-state index in [0.717, 1.165) is 30.8 Å². The van der Waals surface area contributed by atoms with E-state index in [-0.39, 0.29) is 23.3 Å². The summed E-state index contributed by atoms with van der Waals surface area (Å²) in [6, 6.07) is 0.202. The highest BCUT2D eigenvalue weighted by Crippen LogP contribution is 2.45. The number of hydrogen-bond acceptors (Lipinski definition) is 4. The molecule has 3 N–H and O–H groups in total. The van der Waals surface area contributed by atoms with E-state index in [0.29, 0.717) is 5.92 Å². The van der Waals surface area contributed by atoms with Crippen LogP contribution < -0.4 is 11.1 Å². The predicted octanol–water partition coefficient (Wildman–Crippen LogP) is 2.97. The molecule has 1 heterocycles. The summed E-state index contributed by atoms with van der Waals surface area (Å²) in [5.74, 6) is 0.487. The summed E-state index contributed by atoms with van der Waals surface area (Å²) in [5.41, 5.74) is 7.30. The standard InChI is InChI=1S/C16H25N3OS/c1-9-11(17)8-7-10(16(9,2)3)14(20)19-15-18-12-5-4-6-13(12)21-15/h9-11H,4-8,17H2,1-3H3,(H,18,19,20). The Morgan fingerprint density at radius 1 is 1.38 bits per heavy atom. The van der Waals surface area contributed by atoms with E-state index in [1.54, 1.807) is 11.3 Å². The van der Waals surface area contributed by atoms with Crippen LogP contribution in [0.1, 0.15) is 50.6 Å². The van der Waals surface area contributed by atoms with Crippen LogP contribution in [-0.4, -0.2) is 16.9 Å². The van der Waals surface area contributed by atoms with Crippen molar-refractivity contribution in [1.82, 2.24) is 4.98 Å². The number of carbonyl (C=O) groups is 1. The summed E-state index contributed by atoms with van der Waals surface area (Å²) >= 11 is 1.65. The molecule has 2 aliphatic rings. The molecular weight excluding hydrogens is 282 g/mol. The van der Waals surface area contributed by atoms with Crippen molar-refractivity contribution in [2.24, 2.45) is 23.0 Å². The van der Waals surface area contributed by atoms with Gasteiger partial charge in [-0.2, -0.15) is 0 Å². The number of aryl methyl sites for hydroxylation is 2. The lowest BCUT2D eigenvalue weighted by atomic mass is 9.61. The number of rotatable bonds is 2. The normalized spacial score (nSPS) is 31.0. The zero-order valence-electron chi connectivity index (χ0n) is 13.1. The summed E-state index contributed by atoms with van der Waals surface area (Å²) in [4.78, 5) is 18.6. The average Bonchev–Trinajstić information content (AvgIpc) is 2.96. The lowest BCUT2D eigenvalue weighted by molar-refractivity contribution is -0.127. The predicted molar refractivity (Wildman–Crippen MR) is 86.4 cm³/mol. The lowest BCUT2D eigenvalue weighted by Gasteiger charge is -2.45. The maximum Gasteiger partial charge on any atom is 0.229 e. The summed E-state index contributed by atoms with van der Waals surface area (Å²) in [6.07, 6.45) is 5.17. The van der Waals surface area contributed by atoms with E-state index >= 15 is 0 Å². The number of nitrogens with one attached hydrogen (secondary N) is 1. The van der Waals surface area contributed by atoms with Gasteiger partial charge in [0.1, 0.15) is 0 Å². The van der Waals surface area contributed by atoms with Crippen LogP contribution in [0.3, 0.4) is 0 Å². The highest BCUT2D eigenvalue weighted by molar-refractivity contribution is 7.15. The van der Waals surface area contributed by atoms with Crippen molar-refractivity contribution in [1.29, 1.82) is 0 Å². The summed E-state index contributed by atoms with van der Waals surface area (Å²) < 4.78 is 0. The van der Waals surface area contributed by atoms with Gasteiger partial charge in [0.2, 0.25) is 5.91 Å². The molecule has 1 fully saturated rings. The summed E-state index contributed by atoms with van der Waals surface area (Å²) in [6.45, 7) is 6.51. The van der Waals surface area contributed by atoms with Crippen molar-refractivity contribution in [2.45, 2.75) is 58.9 Å². The smallest absolute Gasteiger partial charge is 0.229 e. The van der Waals surface area contributed by atoms with Crippen molar-refractivity contribution in [3.05, 3.63) is 10.6 Å². The Bertz CT molecular complexity index is 530. The minimum absolute atomic E-state index is 0.0195. The topological polar surface area (TPSA) is 68.0 Å². The van der Waals surface area contributed by atoms with Gasteiger partial charge in [0.15, 0.2) is 5.13 Å². The first-order valence-corrected chi connectivity index (χ1v) is 8.76. The van der Waals surface area contributed by atoms with E-state index in [4.69, 9.17) is 5.73 Å². The number of anilines is 1. The van der Waals surface area contributed by atoms with E-state index in [9.17, 15) is 4.79 Å². The molecule has 1 saturated carbocycles. The van der Waals surface area contributed by atoms with Crippen LogP contribution in [-0.2, 0) is 17.6 Å². The van der Waals surface area contributed by atoms with Crippen LogP contribution in [0, 0.1) is 17.3 Å². The fraction of sp³-hybridized carbons (Fsp3) is 0.750. The molecule has 4 nitrogen and oxygen atoms in total. The Labute approximate surface area is 130 Å². The minimum Gasteiger partial charge on any atom is -0.327 e. The molecule has 5 heteroatoms. The fourth-order valence-corrected chi connectivity index (χ4v) is 4.81. The highest BCUT2D eigenvalue weighted by Gasteiger charge is 2.45. The van der Waals surface area contributed by atoms with Crippen LogP contribution in [0.25, 0.3) is 0 Å². The number of hydrogen-bond donors (Lipinski definition) is 2. The molecule has 0 spiro atoms. The summed E-state index contributed by atoms with van der Waals surface area (Å²) in [7, 11) is 0. The van der Waals surface area contributed by atoms with Crippen LogP contribution in [0.4, 0.5) is 5.13 Å². The highest BCUT2D eigenvalue weighted by atomic mass is 32.1. The number of thiazole rings is 1. The van der Waals surface area contributed by atoms with Gasteiger partial charge in [-0.1, -0.05) is 20.8 Å². The molecule has 0 radical (unpaired) electrons. The molecule has 2 aliphatic carbocycles. The molecule has 3 rings (SSSR count). The fourth-order valence-electron chi connectivity index (χ4n) is 3.76. The second kappa shape index (κ2) is 5.36. The molecule has 116 valence electrons. The monoisotopic (exact) mass is 307 g/mol. The maximum absolute atomic E-state index is 12.7. The molecule has 21 heavy (non-hydrogen) atoms. The molecular formula is C16H25N3OS. The Hall–Kier alpha value is -0.940. The Morgan fingerprint density at radius 3 is 2.86 bits per heavy atom. The molecule has 1 amide bonds. The Kier molecular flexibility index (Phi) is 3.82. The SMILES string of the molecule is CC1C(N)CCC(C(=O)Nc2nc3c(s2)CCC3)C1(C)C. The van der Waals surface area contributed by atoms with E-state index in [1.807, 2.05) is 0 Å². The summed E-state index contributed by atoms with van der Waals surface area (Å²) in [5, 5.41) is 3.84. The van der Waals surface area contributed by atoms with E-state index < -0.39 is 0 Å². The number of nitrogens with zero attached hydrogens (tertiary/aromatic N) is 1. The minimum atomic E-state index is -0.0677. The third kappa shape index (κ3) is 2.61. The molecule has 3 atom stereocenters. The van der Waals surface area contributed by atoms with Crippen molar-refractivity contribution < 1.29 is 4.79 Å². The van der Waals surface area contributed by atoms with Crippen molar-refractivity contribution in [2.75, 3.05) is 5.32 Å². The number of amides is 1. The quantitative estimate of drug-likeness (QED) is 0.882. The molecule has 0 bridgehead atoms. The number of fused-ring (bicyclic) bond motifs is 1. The van der Waals surface area contributed by atoms with Gasteiger partial charge >= 0.3 is 0 Å². The van der Waals surface area contributed by atoms with E-state index in [2.05, 4.69) is 31.1 Å². The second-order valence-electron chi connectivity index (χ2n) is 7.14. The third-order valence-corrected chi connectivity index (χ3v) is 6.72. The number of nitrogens with two attached hydrogens (primary N) is 1. The second-order valence-corrected chi connectivity index (χ2v) is 8.22. The van der Waals surface area contributed by atoms with Gasteiger partial charge < -0.3 is 11.1 Å². The van der Waals surface area contributed by atoms with Crippen LogP contribution in [0.15, 0.2) is 0 Å². The molecule has 1 aromatic heterocycles. The first kappa shape index (κ1) is 15.0. The van der Waals surface area contributed by atoms with Crippen molar-refractivity contribution >= 4 is 22.4 Å². The van der Waals surface area contributed by atoms with Gasteiger partial charge in [-0.15, -0.1) is 11.3 Å². The third-order valence-electron chi connectivity index (χ3n) is 5.64. The molecule has 0 aliphatic heterocycles. The van der Waals surface area contributed by atoms with E-state index in [1.165, 1.54) is 17.0 Å². The molecule has 0 aromatic carbocycles. The largest absolute Gasteiger partial charge is 0.327 e. The maximum atomic E-state index is 12.7. The van der Waals surface area contributed by atoms with Gasteiger partial charge in [0.25, 0.3) is 0 Å². The van der Waals surface area contributed by atoms with Gasteiger partial charge in [-0.05, 0) is 43.4 Å². The zero-order chi connectivity index (χ0) is 15.2. The number of carbonyl (C=O) groups excluding carboxylic acids is 1. The van der Waals surface area contributed by atoms with Gasteiger partial charge in [-0.25, -0.2) is 4.98 Å². The first-order valence-electron chi connectivity index (χ1n) is 7.94. The van der Waals surface area contributed by atoms with Crippen molar-refractivity contribution in [3.8, 4) is 0 Å². The van der Waals surface area contributed by atoms with Gasteiger partial charge in [0.05, 0.1) is 5.69 Å². The van der Waals surface area contributed by atoms with Crippen LogP contribution >= 0.6 is 11.3 Å². The Balaban J connectivity index is 1.72. The molecule has 3 unspecified atom stereocenters. The van der Waals surface area contributed by atoms with Gasteiger partial charge in [-0.3, -0.25) is 4.79 Å². The van der Waals surface area contributed by atoms with Crippen LogP contribution in [0.5, 0.6) is 0 Å². The molecule has 1 aromatic rings. The van der Waals surface area contributed by atoms with Crippen molar-refractivity contribution in [3.63, 3.8) is 0 Å².